The molecule has 2 rings (SSSR count). The number of halogens is 1. The van der Waals surface area contributed by atoms with Crippen LogP contribution in [-0.4, -0.2) is 17.1 Å². The van der Waals surface area contributed by atoms with Gasteiger partial charge in [0.2, 0.25) is 0 Å². The van der Waals surface area contributed by atoms with Crippen LogP contribution >= 0.6 is 15.9 Å². The predicted molar refractivity (Wildman–Crippen MR) is 77.5 cm³/mol. The molecule has 1 aromatic heterocycles. The van der Waals surface area contributed by atoms with Gasteiger partial charge in [0.1, 0.15) is 11.6 Å². The van der Waals surface area contributed by atoms with Gasteiger partial charge in [0.05, 0.1) is 12.3 Å². The van der Waals surface area contributed by atoms with Crippen LogP contribution in [0.15, 0.2) is 34.8 Å². The SMILES string of the molecule is COCc1cc(NN)nc(Cc2ccc(Br)cc2)n1. The second-order valence-corrected chi connectivity index (χ2v) is 4.96. The lowest BCUT2D eigenvalue weighted by Crippen LogP contribution is -2.12. The standard InChI is InChI=1S/C13H15BrN4O/c1-19-8-11-7-13(18-15)17-12(16-11)6-9-2-4-10(14)5-3-9/h2-5,7H,6,8,15H2,1H3,(H,16,17,18). The number of ether oxygens (including phenoxy) is 1. The van der Waals surface area contributed by atoms with Crippen molar-refractivity contribution >= 4 is 21.7 Å². The first-order valence-electron chi connectivity index (χ1n) is 5.78. The van der Waals surface area contributed by atoms with Crippen LogP contribution < -0.4 is 11.3 Å². The molecule has 0 fully saturated rings. The van der Waals surface area contributed by atoms with E-state index in [2.05, 4.69) is 31.3 Å². The number of hydrogen-bond donors (Lipinski definition) is 2. The smallest absolute Gasteiger partial charge is 0.144 e. The van der Waals surface area contributed by atoms with Crippen molar-refractivity contribution in [2.75, 3.05) is 12.5 Å². The molecule has 5 nitrogen and oxygen atoms in total. The molecule has 0 aliphatic carbocycles. The third-order valence-corrected chi connectivity index (χ3v) is 3.07. The minimum Gasteiger partial charge on any atom is -0.378 e. The second kappa shape index (κ2) is 6.60. The molecule has 2 aromatic rings. The number of anilines is 1. The van der Waals surface area contributed by atoms with E-state index < -0.39 is 0 Å². The molecular formula is C13H15BrN4O. The van der Waals surface area contributed by atoms with E-state index in [1.165, 1.54) is 0 Å². The average molecular weight is 323 g/mol. The summed E-state index contributed by atoms with van der Waals surface area (Å²) in [6.45, 7) is 0.435. The zero-order chi connectivity index (χ0) is 13.7. The van der Waals surface area contributed by atoms with Gasteiger partial charge < -0.3 is 10.2 Å². The molecule has 6 heteroatoms. The lowest BCUT2D eigenvalue weighted by Gasteiger charge is -2.07. The first-order valence-corrected chi connectivity index (χ1v) is 6.57. The number of hydrogen-bond acceptors (Lipinski definition) is 5. The van der Waals surface area contributed by atoms with Crippen molar-refractivity contribution < 1.29 is 4.74 Å². The van der Waals surface area contributed by atoms with Crippen LogP contribution in [0.4, 0.5) is 5.82 Å². The van der Waals surface area contributed by atoms with Crippen LogP contribution in [0.1, 0.15) is 17.1 Å². The number of methoxy groups -OCH3 is 1. The Kier molecular flexibility index (Phi) is 4.84. The van der Waals surface area contributed by atoms with E-state index in [1.54, 1.807) is 13.2 Å². The van der Waals surface area contributed by atoms with Gasteiger partial charge in [-0.3, -0.25) is 0 Å². The highest BCUT2D eigenvalue weighted by molar-refractivity contribution is 9.10. The fourth-order valence-corrected chi connectivity index (χ4v) is 1.98. The number of nitrogens with one attached hydrogen (secondary N) is 1. The summed E-state index contributed by atoms with van der Waals surface area (Å²) in [6.07, 6.45) is 0.652. The number of rotatable bonds is 5. The fraction of sp³-hybridized carbons (Fsp3) is 0.231. The first kappa shape index (κ1) is 13.9. The Balaban J connectivity index is 2.23. The molecule has 0 spiro atoms. The summed E-state index contributed by atoms with van der Waals surface area (Å²) in [6, 6.07) is 9.83. The highest BCUT2D eigenvalue weighted by Crippen LogP contribution is 2.14. The molecule has 0 atom stereocenters. The zero-order valence-corrected chi connectivity index (χ0v) is 12.1. The molecule has 3 N–H and O–H groups in total. The molecule has 0 radical (unpaired) electrons. The van der Waals surface area contributed by atoms with Crippen LogP contribution in [0.2, 0.25) is 0 Å². The van der Waals surface area contributed by atoms with Crippen molar-refractivity contribution in [3.63, 3.8) is 0 Å². The summed E-state index contributed by atoms with van der Waals surface area (Å²) in [5.74, 6) is 6.71. The maximum Gasteiger partial charge on any atom is 0.144 e. The van der Waals surface area contributed by atoms with Gasteiger partial charge >= 0.3 is 0 Å². The van der Waals surface area contributed by atoms with Crippen LogP contribution in [0, 0.1) is 0 Å². The molecule has 0 saturated carbocycles. The number of nitrogens with two attached hydrogens (primary N) is 1. The molecule has 19 heavy (non-hydrogen) atoms. The molecule has 100 valence electrons. The van der Waals surface area contributed by atoms with Gasteiger partial charge in [-0.25, -0.2) is 15.8 Å². The quantitative estimate of drug-likeness (QED) is 0.652. The summed E-state index contributed by atoms with van der Waals surface area (Å²) >= 11 is 3.41. The molecule has 0 unspecified atom stereocenters. The van der Waals surface area contributed by atoms with E-state index in [-0.39, 0.29) is 0 Å². The third-order valence-electron chi connectivity index (χ3n) is 2.54. The number of hydrazine groups is 1. The van der Waals surface area contributed by atoms with E-state index in [4.69, 9.17) is 10.6 Å². The zero-order valence-electron chi connectivity index (χ0n) is 10.6. The highest BCUT2D eigenvalue weighted by Gasteiger charge is 2.05. The highest BCUT2D eigenvalue weighted by atomic mass is 79.9. The van der Waals surface area contributed by atoms with Gasteiger partial charge in [-0.05, 0) is 17.7 Å². The monoisotopic (exact) mass is 322 g/mol. The molecule has 0 aliphatic heterocycles. The van der Waals surface area contributed by atoms with E-state index >= 15 is 0 Å². The minimum absolute atomic E-state index is 0.435. The lowest BCUT2D eigenvalue weighted by atomic mass is 10.1. The van der Waals surface area contributed by atoms with Gasteiger partial charge in [0, 0.05) is 24.1 Å². The van der Waals surface area contributed by atoms with Crippen molar-refractivity contribution in [2.45, 2.75) is 13.0 Å². The van der Waals surface area contributed by atoms with Crippen molar-refractivity contribution in [3.05, 3.63) is 51.9 Å². The summed E-state index contributed by atoms with van der Waals surface area (Å²) in [7, 11) is 1.63. The maximum atomic E-state index is 5.41. The molecule has 1 aromatic carbocycles. The van der Waals surface area contributed by atoms with Gasteiger partial charge in [-0.1, -0.05) is 28.1 Å². The Hall–Kier alpha value is -1.50. The molecule has 1 heterocycles. The summed E-state index contributed by atoms with van der Waals surface area (Å²) < 4.78 is 6.13. The number of aromatic nitrogens is 2. The Morgan fingerprint density at radius 2 is 2.00 bits per heavy atom. The second-order valence-electron chi connectivity index (χ2n) is 4.04. The maximum absolute atomic E-state index is 5.41. The van der Waals surface area contributed by atoms with Crippen molar-refractivity contribution in [3.8, 4) is 0 Å². The number of nitrogen functional groups attached to an aromatic ring is 1. The number of nitrogens with zero attached hydrogens (tertiary/aromatic N) is 2. The Labute approximate surface area is 120 Å². The first-order chi connectivity index (χ1) is 9.21. The Bertz CT molecular complexity index is 545. The van der Waals surface area contributed by atoms with Crippen molar-refractivity contribution in [1.82, 2.24) is 9.97 Å². The summed E-state index contributed by atoms with van der Waals surface area (Å²) in [4.78, 5) is 8.78. The van der Waals surface area contributed by atoms with Gasteiger partial charge in [-0.15, -0.1) is 0 Å². The van der Waals surface area contributed by atoms with Crippen LogP contribution in [0.25, 0.3) is 0 Å². The normalized spacial score (nSPS) is 10.5. The van der Waals surface area contributed by atoms with Crippen molar-refractivity contribution in [2.24, 2.45) is 5.84 Å². The third kappa shape index (κ3) is 3.99. The Morgan fingerprint density at radius 1 is 1.26 bits per heavy atom. The molecule has 0 amide bonds. The van der Waals surface area contributed by atoms with Gasteiger partial charge in [-0.2, -0.15) is 0 Å². The number of benzene rings is 1. The molecule has 0 bridgehead atoms. The summed E-state index contributed by atoms with van der Waals surface area (Å²) in [5.41, 5.74) is 4.49. The largest absolute Gasteiger partial charge is 0.378 e. The van der Waals surface area contributed by atoms with E-state index in [0.717, 1.165) is 15.7 Å². The Morgan fingerprint density at radius 3 is 2.63 bits per heavy atom. The van der Waals surface area contributed by atoms with E-state index in [9.17, 15) is 0 Å². The average Bonchev–Trinajstić information content (AvgIpc) is 2.41. The topological polar surface area (TPSA) is 73.1 Å². The van der Waals surface area contributed by atoms with E-state index in [0.29, 0.717) is 24.7 Å². The van der Waals surface area contributed by atoms with E-state index in [1.807, 2.05) is 24.3 Å². The van der Waals surface area contributed by atoms with Crippen LogP contribution in [0.3, 0.4) is 0 Å². The predicted octanol–water partition coefficient (Wildman–Crippen LogP) is 2.26. The van der Waals surface area contributed by atoms with Crippen LogP contribution in [-0.2, 0) is 17.8 Å². The molecular weight excluding hydrogens is 308 g/mol. The lowest BCUT2D eigenvalue weighted by molar-refractivity contribution is 0.181. The molecule has 0 saturated heterocycles. The summed E-state index contributed by atoms with van der Waals surface area (Å²) in [5, 5.41) is 0. The fourth-order valence-electron chi connectivity index (χ4n) is 1.71. The van der Waals surface area contributed by atoms with Crippen molar-refractivity contribution in [1.29, 1.82) is 0 Å². The van der Waals surface area contributed by atoms with Gasteiger partial charge in [0.15, 0.2) is 0 Å². The molecule has 0 aliphatic rings. The van der Waals surface area contributed by atoms with Crippen LogP contribution in [0.5, 0.6) is 0 Å². The minimum atomic E-state index is 0.435. The van der Waals surface area contributed by atoms with Gasteiger partial charge in [0.25, 0.3) is 0 Å².